The number of carboxylic acid groups (broad SMARTS) is 1. The molecule has 0 saturated heterocycles. The second-order valence-corrected chi connectivity index (χ2v) is 9.42. The summed E-state index contributed by atoms with van der Waals surface area (Å²) in [6, 6.07) is 7.68. The molecule has 4 aromatic rings. The van der Waals surface area contributed by atoms with Crippen LogP contribution in [0.3, 0.4) is 0 Å². The predicted molar refractivity (Wildman–Crippen MR) is 149 cm³/mol. The van der Waals surface area contributed by atoms with Crippen molar-refractivity contribution in [1.29, 1.82) is 0 Å². The maximum absolute atomic E-state index is 13.7. The van der Waals surface area contributed by atoms with E-state index in [1.165, 1.54) is 50.0 Å². The molecular weight excluding hydrogens is 546 g/mol. The minimum Gasteiger partial charge on any atom is -0.493 e. The second-order valence-electron chi connectivity index (χ2n) is 8.56. The van der Waals surface area contributed by atoms with Crippen molar-refractivity contribution >= 4 is 40.6 Å². The SMILES string of the molecule is COc1cc(C(=O)c2ccc(-c3csc(N[C@H](C(=O)O)C(C)C)n3)cc2-n2cncn2)cc(OC)c1OC.Cl. The number of rotatable bonds is 11. The third kappa shape index (κ3) is 6.13. The van der Waals surface area contributed by atoms with Gasteiger partial charge < -0.3 is 24.6 Å². The Morgan fingerprint density at radius 2 is 1.74 bits per heavy atom. The van der Waals surface area contributed by atoms with E-state index < -0.39 is 12.0 Å². The number of ketones is 1. The minimum atomic E-state index is -0.945. The Balaban J connectivity index is 0.00000420. The number of ether oxygens (including phenoxy) is 3. The van der Waals surface area contributed by atoms with Crippen molar-refractivity contribution in [3.8, 4) is 34.2 Å². The van der Waals surface area contributed by atoms with Crippen molar-refractivity contribution in [3.05, 3.63) is 59.5 Å². The van der Waals surface area contributed by atoms with E-state index >= 15 is 0 Å². The Morgan fingerprint density at radius 1 is 1.05 bits per heavy atom. The molecule has 2 aromatic heterocycles. The van der Waals surface area contributed by atoms with Gasteiger partial charge in [-0.05, 0) is 30.2 Å². The molecule has 0 amide bonds. The minimum absolute atomic E-state index is 0. The van der Waals surface area contributed by atoms with Gasteiger partial charge in [0.05, 0.1) is 32.7 Å². The molecule has 39 heavy (non-hydrogen) atoms. The van der Waals surface area contributed by atoms with E-state index in [-0.39, 0.29) is 24.1 Å². The van der Waals surface area contributed by atoms with Crippen LogP contribution in [0.1, 0.15) is 29.8 Å². The number of carbonyl (C=O) groups excluding carboxylic acids is 1. The van der Waals surface area contributed by atoms with Gasteiger partial charge in [-0.2, -0.15) is 5.10 Å². The van der Waals surface area contributed by atoms with Crippen molar-refractivity contribution in [2.75, 3.05) is 26.6 Å². The molecule has 0 spiro atoms. The number of nitrogens with zero attached hydrogens (tertiary/aromatic N) is 4. The fourth-order valence-electron chi connectivity index (χ4n) is 3.89. The summed E-state index contributed by atoms with van der Waals surface area (Å²) in [5, 5.41) is 19.0. The van der Waals surface area contributed by atoms with Gasteiger partial charge in [-0.1, -0.05) is 19.9 Å². The van der Waals surface area contributed by atoms with Gasteiger partial charge in [0.2, 0.25) is 5.75 Å². The smallest absolute Gasteiger partial charge is 0.326 e. The lowest BCUT2D eigenvalue weighted by Gasteiger charge is -2.16. The lowest BCUT2D eigenvalue weighted by Crippen LogP contribution is -2.34. The molecular formula is C26H28ClN5O6S. The van der Waals surface area contributed by atoms with Crippen molar-refractivity contribution < 1.29 is 28.9 Å². The van der Waals surface area contributed by atoms with E-state index in [9.17, 15) is 14.7 Å². The molecule has 2 aromatic carbocycles. The van der Waals surface area contributed by atoms with Gasteiger partial charge in [0.1, 0.15) is 18.7 Å². The van der Waals surface area contributed by atoms with Crippen molar-refractivity contribution in [1.82, 2.24) is 19.7 Å². The molecule has 0 aliphatic carbocycles. The zero-order valence-electron chi connectivity index (χ0n) is 21.9. The van der Waals surface area contributed by atoms with Crippen LogP contribution < -0.4 is 19.5 Å². The number of methoxy groups -OCH3 is 3. The van der Waals surface area contributed by atoms with E-state index in [0.717, 1.165) is 5.56 Å². The quantitative estimate of drug-likeness (QED) is 0.245. The standard InChI is InChI=1S/C26H27N5O6S.ClH/c1-14(2)22(25(33)34)30-26-29-18(11-38-26)15-6-7-17(19(8-15)31-13-27-12-28-31)23(32)16-9-20(35-3)24(37-5)21(10-16)36-4;/h6-14,22H,1-5H3,(H,29,30)(H,33,34);1H/t22-;/m0./s1. The highest BCUT2D eigenvalue weighted by molar-refractivity contribution is 7.14. The molecule has 0 fully saturated rings. The number of anilines is 1. The number of aromatic nitrogens is 4. The van der Waals surface area contributed by atoms with Crippen LogP contribution in [0.25, 0.3) is 16.9 Å². The van der Waals surface area contributed by atoms with E-state index in [2.05, 4.69) is 20.4 Å². The molecule has 0 aliphatic rings. The summed E-state index contributed by atoms with van der Waals surface area (Å²) in [6.07, 6.45) is 2.88. The molecule has 0 saturated carbocycles. The Hall–Kier alpha value is -4.16. The van der Waals surface area contributed by atoms with Crippen LogP contribution in [-0.4, -0.2) is 64.0 Å². The maximum Gasteiger partial charge on any atom is 0.326 e. The number of halogens is 1. The Morgan fingerprint density at radius 3 is 2.28 bits per heavy atom. The molecule has 4 rings (SSSR count). The van der Waals surface area contributed by atoms with Crippen LogP contribution >= 0.6 is 23.7 Å². The molecule has 0 unspecified atom stereocenters. The van der Waals surface area contributed by atoms with Crippen LogP contribution in [0, 0.1) is 5.92 Å². The molecule has 2 N–H and O–H groups in total. The normalized spacial score (nSPS) is 11.4. The molecule has 2 heterocycles. The number of aliphatic carboxylic acids is 1. The number of hydrogen-bond donors (Lipinski definition) is 2. The fraction of sp³-hybridized carbons (Fsp3) is 0.269. The van der Waals surface area contributed by atoms with Crippen molar-refractivity contribution in [2.45, 2.75) is 19.9 Å². The maximum atomic E-state index is 13.7. The van der Waals surface area contributed by atoms with Crippen LogP contribution in [0.2, 0.25) is 0 Å². The number of carboxylic acids is 1. The first-order valence-corrected chi connectivity index (χ1v) is 12.4. The molecule has 0 aliphatic heterocycles. The van der Waals surface area contributed by atoms with Gasteiger partial charge >= 0.3 is 5.97 Å². The summed E-state index contributed by atoms with van der Waals surface area (Å²) in [5.74, 6) is -0.258. The van der Waals surface area contributed by atoms with E-state index in [1.54, 1.807) is 30.3 Å². The summed E-state index contributed by atoms with van der Waals surface area (Å²) in [5.41, 5.74) is 2.54. The van der Waals surface area contributed by atoms with Crippen molar-refractivity contribution in [2.24, 2.45) is 5.92 Å². The third-order valence-electron chi connectivity index (χ3n) is 5.85. The largest absolute Gasteiger partial charge is 0.493 e. The number of benzene rings is 2. The van der Waals surface area contributed by atoms with Crippen LogP contribution in [-0.2, 0) is 4.79 Å². The van der Waals surface area contributed by atoms with E-state index in [4.69, 9.17) is 14.2 Å². The Kier molecular flexibility index (Phi) is 9.49. The monoisotopic (exact) mass is 573 g/mol. The predicted octanol–water partition coefficient (Wildman–Crippen LogP) is 4.59. The van der Waals surface area contributed by atoms with Crippen LogP contribution in [0.15, 0.2) is 48.4 Å². The number of thiazole rings is 1. The van der Waals surface area contributed by atoms with Gasteiger partial charge in [-0.15, -0.1) is 23.7 Å². The Labute approximate surface area is 235 Å². The lowest BCUT2D eigenvalue weighted by atomic mass is 9.98. The average Bonchev–Trinajstić information content (AvgIpc) is 3.62. The average molecular weight is 574 g/mol. The summed E-state index contributed by atoms with van der Waals surface area (Å²) >= 11 is 1.30. The van der Waals surface area contributed by atoms with Crippen molar-refractivity contribution in [3.63, 3.8) is 0 Å². The highest BCUT2D eigenvalue weighted by Gasteiger charge is 2.24. The first-order chi connectivity index (χ1) is 18.3. The molecule has 206 valence electrons. The van der Waals surface area contributed by atoms with Gasteiger partial charge in [0.15, 0.2) is 22.4 Å². The lowest BCUT2D eigenvalue weighted by molar-refractivity contribution is -0.138. The topological polar surface area (TPSA) is 138 Å². The van der Waals surface area contributed by atoms with Crippen LogP contribution in [0.4, 0.5) is 5.13 Å². The van der Waals surface area contributed by atoms with Gasteiger partial charge in [0, 0.05) is 22.1 Å². The summed E-state index contributed by atoms with van der Waals surface area (Å²) in [7, 11) is 4.46. The zero-order valence-corrected chi connectivity index (χ0v) is 23.5. The number of nitrogens with one attached hydrogen (secondary N) is 1. The number of carbonyl (C=O) groups is 2. The summed E-state index contributed by atoms with van der Waals surface area (Å²) < 4.78 is 17.7. The molecule has 0 bridgehead atoms. The fourth-order valence-corrected chi connectivity index (χ4v) is 4.65. The molecule has 11 nitrogen and oxygen atoms in total. The number of hydrogen-bond acceptors (Lipinski definition) is 10. The molecule has 0 radical (unpaired) electrons. The second kappa shape index (κ2) is 12.6. The highest BCUT2D eigenvalue weighted by Crippen LogP contribution is 2.39. The van der Waals surface area contributed by atoms with Gasteiger partial charge in [0.25, 0.3) is 0 Å². The summed E-state index contributed by atoms with van der Waals surface area (Å²) in [4.78, 5) is 33.9. The van der Waals surface area contributed by atoms with E-state index in [0.29, 0.717) is 44.9 Å². The molecule has 13 heteroatoms. The van der Waals surface area contributed by atoms with E-state index in [1.807, 2.05) is 19.2 Å². The first-order valence-electron chi connectivity index (χ1n) is 11.6. The Bertz CT molecular complexity index is 1430. The molecule has 1 atom stereocenters. The van der Waals surface area contributed by atoms with Gasteiger partial charge in [-0.25, -0.2) is 19.4 Å². The first kappa shape index (κ1) is 29.4. The summed E-state index contributed by atoms with van der Waals surface area (Å²) in [6.45, 7) is 3.66. The third-order valence-corrected chi connectivity index (χ3v) is 6.62. The highest BCUT2D eigenvalue weighted by atomic mass is 35.5. The zero-order chi connectivity index (χ0) is 27.4. The van der Waals surface area contributed by atoms with Gasteiger partial charge in [-0.3, -0.25) is 4.79 Å². The van der Waals surface area contributed by atoms with Crippen LogP contribution in [0.5, 0.6) is 17.2 Å².